The average molecular weight is 533 g/mol. The quantitative estimate of drug-likeness (QED) is 0.169. The van der Waals surface area contributed by atoms with Crippen LogP contribution in [-0.2, 0) is 10.1 Å². The molecule has 0 amide bonds. The van der Waals surface area contributed by atoms with Gasteiger partial charge in [0.1, 0.15) is 5.75 Å². The molecule has 0 bridgehead atoms. The molecule has 0 N–H and O–H groups in total. The van der Waals surface area contributed by atoms with Crippen LogP contribution in [0.4, 0.5) is 13.2 Å². The van der Waals surface area contributed by atoms with Gasteiger partial charge < -0.3 is 4.18 Å². The van der Waals surface area contributed by atoms with Gasteiger partial charge in [-0.1, -0.05) is 91.0 Å². The van der Waals surface area contributed by atoms with Crippen molar-refractivity contribution in [1.29, 1.82) is 0 Å². The third kappa shape index (κ3) is 5.28. The maximum atomic E-state index is 13.0. The fraction of sp³-hybridized carbons (Fsp3) is 0.0345. The SMILES string of the molecule is O=S(=O)(Oc1ccc(-c2cc(-c3ccccc3)nc(-c3ccccc3)n2)c(-c2ccccc2)c1)C(F)(F)F. The first kappa shape index (κ1) is 25.2. The van der Waals surface area contributed by atoms with Gasteiger partial charge in [0.05, 0.1) is 11.4 Å². The third-order valence-corrected chi connectivity index (χ3v) is 6.65. The predicted octanol–water partition coefficient (Wildman–Crippen LogP) is 7.37. The molecule has 0 unspecified atom stereocenters. The lowest BCUT2D eigenvalue weighted by Gasteiger charge is -2.15. The summed E-state index contributed by atoms with van der Waals surface area (Å²) in [7, 11) is -5.84. The molecule has 0 aliphatic heterocycles. The van der Waals surface area contributed by atoms with Crippen LogP contribution in [0.25, 0.3) is 45.0 Å². The van der Waals surface area contributed by atoms with Crippen LogP contribution in [0.3, 0.4) is 0 Å². The standard InChI is InChI=1S/C29H19F3N2O3S/c30-29(31,32)38(35,36)37-23-16-17-24(25(18-23)20-10-4-1-5-11-20)27-19-26(21-12-6-2-7-13-21)33-28(34-27)22-14-8-3-9-15-22/h1-19H. The minimum atomic E-state index is -5.84. The molecular formula is C29H19F3N2O3S. The number of hydrogen-bond acceptors (Lipinski definition) is 5. The molecule has 5 aromatic rings. The second-order valence-electron chi connectivity index (χ2n) is 8.25. The molecule has 4 aromatic carbocycles. The summed E-state index contributed by atoms with van der Waals surface area (Å²) in [5.41, 5.74) is -1.13. The Morgan fingerprint density at radius 1 is 0.579 bits per heavy atom. The Morgan fingerprint density at radius 3 is 1.68 bits per heavy atom. The lowest BCUT2D eigenvalue weighted by atomic mass is 9.96. The highest BCUT2D eigenvalue weighted by atomic mass is 32.2. The molecule has 9 heteroatoms. The second kappa shape index (κ2) is 10.1. The zero-order valence-corrected chi connectivity index (χ0v) is 20.4. The summed E-state index contributed by atoms with van der Waals surface area (Å²) in [5, 5.41) is 0. The molecule has 5 nitrogen and oxygen atoms in total. The van der Waals surface area contributed by atoms with Crippen LogP contribution in [-0.4, -0.2) is 23.9 Å². The van der Waals surface area contributed by atoms with Gasteiger partial charge in [0.25, 0.3) is 0 Å². The largest absolute Gasteiger partial charge is 0.534 e. The number of alkyl halides is 3. The van der Waals surface area contributed by atoms with E-state index in [0.717, 1.165) is 11.1 Å². The van der Waals surface area contributed by atoms with E-state index in [0.29, 0.717) is 33.9 Å². The summed E-state index contributed by atoms with van der Waals surface area (Å²) in [6.07, 6.45) is 0. The van der Waals surface area contributed by atoms with Crippen LogP contribution in [0.15, 0.2) is 115 Å². The molecule has 0 aliphatic carbocycles. The van der Waals surface area contributed by atoms with E-state index in [1.807, 2.05) is 60.7 Å². The first-order valence-corrected chi connectivity index (χ1v) is 12.8. The topological polar surface area (TPSA) is 69.2 Å². The molecule has 5 rings (SSSR count). The van der Waals surface area contributed by atoms with E-state index in [1.165, 1.54) is 18.2 Å². The van der Waals surface area contributed by atoms with Gasteiger partial charge >= 0.3 is 15.6 Å². The van der Waals surface area contributed by atoms with Crippen molar-refractivity contribution in [1.82, 2.24) is 9.97 Å². The molecule has 0 spiro atoms. The van der Waals surface area contributed by atoms with Gasteiger partial charge in [-0.2, -0.15) is 21.6 Å². The minimum Gasteiger partial charge on any atom is -0.376 e. The van der Waals surface area contributed by atoms with E-state index in [9.17, 15) is 21.6 Å². The number of halogens is 3. The van der Waals surface area contributed by atoms with Gasteiger partial charge in [-0.3, -0.25) is 0 Å². The average Bonchev–Trinajstić information content (AvgIpc) is 2.93. The van der Waals surface area contributed by atoms with Gasteiger partial charge in [0.2, 0.25) is 0 Å². The lowest BCUT2D eigenvalue weighted by Crippen LogP contribution is -2.28. The molecule has 0 atom stereocenters. The molecule has 0 fully saturated rings. The highest BCUT2D eigenvalue weighted by Crippen LogP contribution is 2.37. The van der Waals surface area contributed by atoms with Crippen LogP contribution < -0.4 is 4.18 Å². The number of rotatable bonds is 6. The minimum absolute atomic E-state index is 0.442. The van der Waals surface area contributed by atoms with E-state index in [2.05, 4.69) is 4.18 Å². The Morgan fingerprint density at radius 2 is 1.11 bits per heavy atom. The van der Waals surface area contributed by atoms with Crippen molar-refractivity contribution < 1.29 is 25.8 Å². The molecule has 0 saturated heterocycles. The molecular weight excluding hydrogens is 513 g/mol. The number of hydrogen-bond donors (Lipinski definition) is 0. The smallest absolute Gasteiger partial charge is 0.376 e. The lowest BCUT2D eigenvalue weighted by molar-refractivity contribution is -0.0500. The maximum absolute atomic E-state index is 13.0. The van der Waals surface area contributed by atoms with Crippen molar-refractivity contribution in [3.63, 3.8) is 0 Å². The molecule has 0 aliphatic rings. The van der Waals surface area contributed by atoms with Gasteiger partial charge in [-0.05, 0) is 35.4 Å². The molecule has 1 aromatic heterocycles. The van der Waals surface area contributed by atoms with Crippen molar-refractivity contribution in [2.24, 2.45) is 0 Å². The van der Waals surface area contributed by atoms with E-state index in [-0.39, 0.29) is 0 Å². The van der Waals surface area contributed by atoms with Gasteiger partial charge in [0.15, 0.2) is 5.82 Å². The Hall–Kier alpha value is -4.50. The molecule has 0 radical (unpaired) electrons. The van der Waals surface area contributed by atoms with E-state index >= 15 is 0 Å². The highest BCUT2D eigenvalue weighted by Gasteiger charge is 2.48. The van der Waals surface area contributed by atoms with Crippen molar-refractivity contribution in [2.75, 3.05) is 0 Å². The summed E-state index contributed by atoms with van der Waals surface area (Å²) in [6.45, 7) is 0. The number of benzene rings is 4. The third-order valence-electron chi connectivity index (χ3n) is 5.67. The van der Waals surface area contributed by atoms with Crippen molar-refractivity contribution in [3.8, 4) is 50.8 Å². The van der Waals surface area contributed by atoms with Crippen LogP contribution in [0.1, 0.15) is 0 Å². The predicted molar refractivity (Wildman–Crippen MR) is 139 cm³/mol. The summed E-state index contributed by atoms with van der Waals surface area (Å²) in [6, 6.07) is 33.5. The Balaban J connectivity index is 1.71. The van der Waals surface area contributed by atoms with Crippen LogP contribution in [0, 0.1) is 0 Å². The first-order chi connectivity index (χ1) is 18.2. The Kier molecular flexibility index (Phi) is 6.69. The summed E-state index contributed by atoms with van der Waals surface area (Å²) < 4.78 is 66.6. The van der Waals surface area contributed by atoms with Crippen molar-refractivity contribution in [2.45, 2.75) is 5.51 Å². The first-order valence-electron chi connectivity index (χ1n) is 11.4. The number of aromatic nitrogens is 2. The summed E-state index contributed by atoms with van der Waals surface area (Å²) in [5.74, 6) is -0.00788. The van der Waals surface area contributed by atoms with E-state index < -0.39 is 21.4 Å². The Bertz CT molecular complexity index is 1620. The fourth-order valence-electron chi connectivity index (χ4n) is 3.89. The van der Waals surface area contributed by atoms with Gasteiger partial charge in [0, 0.05) is 16.7 Å². The summed E-state index contributed by atoms with van der Waals surface area (Å²) in [4.78, 5) is 9.53. The van der Waals surface area contributed by atoms with E-state index in [1.54, 1.807) is 36.4 Å². The zero-order chi connectivity index (χ0) is 26.8. The fourth-order valence-corrected chi connectivity index (χ4v) is 4.34. The van der Waals surface area contributed by atoms with Crippen LogP contribution in [0.2, 0.25) is 0 Å². The monoisotopic (exact) mass is 532 g/mol. The molecule has 38 heavy (non-hydrogen) atoms. The zero-order valence-electron chi connectivity index (χ0n) is 19.6. The van der Waals surface area contributed by atoms with Crippen molar-refractivity contribution in [3.05, 3.63) is 115 Å². The highest BCUT2D eigenvalue weighted by molar-refractivity contribution is 7.88. The summed E-state index contributed by atoms with van der Waals surface area (Å²) >= 11 is 0. The second-order valence-corrected chi connectivity index (χ2v) is 9.79. The van der Waals surface area contributed by atoms with Crippen LogP contribution in [0.5, 0.6) is 5.75 Å². The van der Waals surface area contributed by atoms with Crippen LogP contribution >= 0.6 is 0 Å². The van der Waals surface area contributed by atoms with E-state index in [4.69, 9.17) is 9.97 Å². The molecule has 0 saturated carbocycles. The van der Waals surface area contributed by atoms with Gasteiger partial charge in [-0.25, -0.2) is 9.97 Å². The number of nitrogens with zero attached hydrogens (tertiary/aromatic N) is 2. The van der Waals surface area contributed by atoms with Crippen molar-refractivity contribution >= 4 is 10.1 Å². The molecule has 1 heterocycles. The normalized spacial score (nSPS) is 11.8. The Labute approximate surface area is 217 Å². The maximum Gasteiger partial charge on any atom is 0.534 e. The van der Waals surface area contributed by atoms with Gasteiger partial charge in [-0.15, -0.1) is 0 Å². The molecule has 190 valence electrons.